The number of aromatic hydroxyl groups is 2. The second-order valence-corrected chi connectivity index (χ2v) is 3.02. The smallest absolute Gasteiger partial charge is 0.187 e. The van der Waals surface area contributed by atoms with E-state index in [0.717, 1.165) is 12.1 Å². The molecule has 0 aliphatic carbocycles. The molecule has 2 aromatic rings. The number of para-hydroxylation sites is 2. The third-order valence-electron chi connectivity index (χ3n) is 1.79. The topological polar surface area (TPSA) is 40.5 Å². The van der Waals surface area contributed by atoms with Gasteiger partial charge >= 0.3 is 0 Å². The summed E-state index contributed by atoms with van der Waals surface area (Å²) in [4.78, 5) is 0. The van der Waals surface area contributed by atoms with Crippen LogP contribution in [0.3, 0.4) is 0 Å². The Morgan fingerprint density at radius 1 is 0.647 bits per heavy atom. The molecule has 0 saturated carbocycles. The van der Waals surface area contributed by atoms with Gasteiger partial charge in [0.15, 0.2) is 29.0 Å². The number of benzene rings is 2. The number of hydrogen-bond acceptors (Lipinski definition) is 2. The van der Waals surface area contributed by atoms with E-state index in [1.54, 1.807) is 6.07 Å². The molecule has 2 N–H and O–H groups in total. The minimum atomic E-state index is -0.935. The van der Waals surface area contributed by atoms with Crippen molar-refractivity contribution in [2.75, 3.05) is 0 Å². The molecule has 2 nitrogen and oxygen atoms in total. The summed E-state index contributed by atoms with van der Waals surface area (Å²) in [5, 5.41) is 17.0. The third kappa shape index (κ3) is 3.71. The van der Waals surface area contributed by atoms with Crippen LogP contribution in [0.2, 0.25) is 0 Å². The summed E-state index contributed by atoms with van der Waals surface area (Å²) >= 11 is 0. The van der Waals surface area contributed by atoms with Crippen LogP contribution in [-0.4, -0.2) is 10.2 Å². The lowest BCUT2D eigenvalue weighted by molar-refractivity contribution is 0.396. The lowest BCUT2D eigenvalue weighted by atomic mass is 10.3. The Morgan fingerprint density at radius 2 is 1.12 bits per heavy atom. The van der Waals surface area contributed by atoms with E-state index >= 15 is 0 Å². The van der Waals surface area contributed by atoms with Crippen molar-refractivity contribution in [3.05, 3.63) is 59.9 Å². The quantitative estimate of drug-likeness (QED) is 0.744. The normalized spacial score (nSPS) is 9.35. The van der Waals surface area contributed by atoms with E-state index in [-0.39, 0.29) is 5.75 Å². The molecule has 5 heteroatoms. The molecule has 0 aliphatic rings. The standard InChI is InChI=1S/C6H4F2O.C6H5FO/c7-4-2-1-3-5(8)6(4)9;7-5-3-1-2-4-6(5)8/h1-3,9H;1-4,8H. The van der Waals surface area contributed by atoms with E-state index in [1.807, 2.05) is 0 Å². The molecule has 0 unspecified atom stereocenters. The molecule has 0 atom stereocenters. The first-order chi connectivity index (χ1) is 8.02. The zero-order chi connectivity index (χ0) is 12.8. The molecule has 90 valence electrons. The fourth-order valence-electron chi connectivity index (χ4n) is 0.941. The van der Waals surface area contributed by atoms with Crippen LogP contribution < -0.4 is 0 Å². The largest absolute Gasteiger partial charge is 0.505 e. The molecule has 0 amide bonds. The zero-order valence-corrected chi connectivity index (χ0v) is 8.57. The number of halogens is 3. The van der Waals surface area contributed by atoms with E-state index in [0.29, 0.717) is 0 Å². The number of hydrogen-bond donors (Lipinski definition) is 2. The average molecular weight is 242 g/mol. The van der Waals surface area contributed by atoms with Gasteiger partial charge in [-0.15, -0.1) is 0 Å². The fourth-order valence-corrected chi connectivity index (χ4v) is 0.941. The van der Waals surface area contributed by atoms with E-state index in [9.17, 15) is 13.2 Å². The Kier molecular flexibility index (Phi) is 4.39. The summed E-state index contributed by atoms with van der Waals surface area (Å²) in [6.07, 6.45) is 0. The Hall–Kier alpha value is -2.17. The second-order valence-electron chi connectivity index (χ2n) is 3.02. The van der Waals surface area contributed by atoms with Crippen molar-refractivity contribution >= 4 is 0 Å². The summed E-state index contributed by atoms with van der Waals surface area (Å²) in [7, 11) is 0. The van der Waals surface area contributed by atoms with Crippen molar-refractivity contribution in [2.45, 2.75) is 0 Å². The maximum Gasteiger partial charge on any atom is 0.187 e. The lowest BCUT2D eigenvalue weighted by Gasteiger charge is -1.92. The second kappa shape index (κ2) is 5.79. The van der Waals surface area contributed by atoms with Crippen molar-refractivity contribution in [1.29, 1.82) is 0 Å². The molecule has 0 bridgehead atoms. The molecule has 0 saturated heterocycles. The van der Waals surface area contributed by atoms with Crippen molar-refractivity contribution in [2.24, 2.45) is 0 Å². The highest BCUT2D eigenvalue weighted by Crippen LogP contribution is 2.17. The van der Waals surface area contributed by atoms with Gasteiger partial charge in [0.05, 0.1) is 0 Å². The van der Waals surface area contributed by atoms with E-state index in [2.05, 4.69) is 0 Å². The van der Waals surface area contributed by atoms with Crippen LogP contribution in [0.1, 0.15) is 0 Å². The zero-order valence-electron chi connectivity index (χ0n) is 8.57. The molecule has 0 heterocycles. The summed E-state index contributed by atoms with van der Waals surface area (Å²) in [5.74, 6) is -3.66. The molecular weight excluding hydrogens is 233 g/mol. The minimum absolute atomic E-state index is 0.299. The van der Waals surface area contributed by atoms with Crippen molar-refractivity contribution in [3.8, 4) is 11.5 Å². The van der Waals surface area contributed by atoms with Crippen LogP contribution in [-0.2, 0) is 0 Å². The van der Waals surface area contributed by atoms with Crippen LogP contribution in [0.4, 0.5) is 13.2 Å². The summed E-state index contributed by atoms with van der Waals surface area (Å²) < 4.78 is 36.2. The highest BCUT2D eigenvalue weighted by molar-refractivity contribution is 5.23. The predicted molar refractivity (Wildman–Crippen MR) is 56.1 cm³/mol. The summed E-state index contributed by atoms with van der Waals surface area (Å²) in [5.41, 5.74) is 0. The molecule has 2 rings (SSSR count). The fraction of sp³-hybridized carbons (Fsp3) is 0. The highest BCUT2D eigenvalue weighted by atomic mass is 19.1. The molecular formula is C12H9F3O2. The number of phenols is 2. The first-order valence-corrected chi connectivity index (χ1v) is 4.59. The maximum atomic E-state index is 12.1. The van der Waals surface area contributed by atoms with Crippen LogP contribution in [0.25, 0.3) is 0 Å². The van der Waals surface area contributed by atoms with Gasteiger partial charge in [-0.3, -0.25) is 0 Å². The number of phenolic OH excluding ortho intramolecular Hbond substituents is 2. The van der Waals surface area contributed by atoms with Gasteiger partial charge in [0, 0.05) is 0 Å². The minimum Gasteiger partial charge on any atom is -0.505 e. The molecule has 0 fully saturated rings. The first kappa shape index (κ1) is 12.9. The Morgan fingerprint density at radius 3 is 1.47 bits per heavy atom. The summed E-state index contributed by atoms with van der Waals surface area (Å²) in [6.45, 7) is 0. The van der Waals surface area contributed by atoms with Gasteiger partial charge in [-0.25, -0.2) is 13.2 Å². The van der Waals surface area contributed by atoms with Crippen LogP contribution in [0.5, 0.6) is 11.5 Å². The van der Waals surface area contributed by atoms with E-state index in [1.165, 1.54) is 24.3 Å². The van der Waals surface area contributed by atoms with Crippen LogP contribution in [0.15, 0.2) is 42.5 Å². The van der Waals surface area contributed by atoms with Gasteiger partial charge in [0.2, 0.25) is 0 Å². The monoisotopic (exact) mass is 242 g/mol. The van der Waals surface area contributed by atoms with Crippen molar-refractivity contribution in [3.63, 3.8) is 0 Å². The van der Waals surface area contributed by atoms with Gasteiger partial charge in [-0.1, -0.05) is 18.2 Å². The lowest BCUT2D eigenvalue weighted by Crippen LogP contribution is -1.78. The van der Waals surface area contributed by atoms with E-state index in [4.69, 9.17) is 10.2 Å². The maximum absolute atomic E-state index is 12.1. The molecule has 0 radical (unpaired) electrons. The van der Waals surface area contributed by atoms with Gasteiger partial charge in [0.1, 0.15) is 0 Å². The Bertz CT molecular complexity index is 460. The SMILES string of the molecule is Oc1c(F)cccc1F.Oc1ccccc1F. The van der Waals surface area contributed by atoms with Crippen LogP contribution in [0, 0.1) is 17.5 Å². The predicted octanol–water partition coefficient (Wildman–Crippen LogP) is 3.20. The van der Waals surface area contributed by atoms with Crippen LogP contribution >= 0.6 is 0 Å². The highest BCUT2D eigenvalue weighted by Gasteiger charge is 2.03. The number of rotatable bonds is 0. The van der Waals surface area contributed by atoms with Gasteiger partial charge in [0.25, 0.3) is 0 Å². The molecule has 2 aromatic carbocycles. The van der Waals surface area contributed by atoms with Gasteiger partial charge in [-0.2, -0.15) is 0 Å². The summed E-state index contributed by atoms with van der Waals surface area (Å²) in [6, 6.07) is 8.75. The average Bonchev–Trinajstić information content (AvgIpc) is 2.31. The molecule has 0 aliphatic heterocycles. The van der Waals surface area contributed by atoms with E-state index < -0.39 is 23.2 Å². The molecule has 0 spiro atoms. The Labute approximate surface area is 95.6 Å². The molecule has 0 aromatic heterocycles. The Balaban J connectivity index is 0.000000171. The van der Waals surface area contributed by atoms with Gasteiger partial charge < -0.3 is 10.2 Å². The molecule has 17 heavy (non-hydrogen) atoms. The first-order valence-electron chi connectivity index (χ1n) is 4.59. The third-order valence-corrected chi connectivity index (χ3v) is 1.79. The van der Waals surface area contributed by atoms with Crippen molar-refractivity contribution < 1.29 is 23.4 Å². The van der Waals surface area contributed by atoms with Crippen molar-refractivity contribution in [1.82, 2.24) is 0 Å². The van der Waals surface area contributed by atoms with Gasteiger partial charge in [-0.05, 0) is 24.3 Å².